The van der Waals surface area contributed by atoms with Crippen LogP contribution in [0.4, 0.5) is 0 Å². The molecule has 0 radical (unpaired) electrons. The van der Waals surface area contributed by atoms with Crippen molar-refractivity contribution in [3.63, 3.8) is 0 Å². The summed E-state index contributed by atoms with van der Waals surface area (Å²) >= 11 is 0. The molecule has 0 aromatic heterocycles. The number of carbonyl (C=O) groups excluding carboxylic acids is 7. The third kappa shape index (κ3) is 28.0. The maximum absolute atomic E-state index is 11.3. The average molecular weight is 902 g/mol. The summed E-state index contributed by atoms with van der Waals surface area (Å²) in [6.45, 7) is -10.2. The predicted molar refractivity (Wildman–Crippen MR) is 130 cm³/mol. The Balaban J connectivity index is -0.000000966. The van der Waals surface area contributed by atoms with Gasteiger partial charge in [0.15, 0.2) is 12.6 Å². The number of rotatable bonds is 25. The van der Waals surface area contributed by atoms with Crippen LogP contribution in [0.2, 0.25) is 0 Å². The zero-order valence-electron chi connectivity index (χ0n) is 32.9. The number of hydrogen-bond acceptors (Lipinski definition) is 25. The van der Waals surface area contributed by atoms with E-state index in [4.69, 9.17) is 47.4 Å². The number of carbonyl (C=O) groups is 7. The molecule has 2 aliphatic rings. The Kier molecular flexibility index (Phi) is 48.8. The molecule has 0 aromatic rings. The smallest absolute Gasteiger partial charge is 0.548 e. The molecule has 1 unspecified atom stereocenters. The number of aliphatic hydroxyl groups excluding tert-OH is 1. The summed E-state index contributed by atoms with van der Waals surface area (Å²) in [5, 5.41) is 89.3. The Morgan fingerprint density at radius 3 is 1.10 bits per heavy atom. The minimum absolute atomic E-state index is 0. The summed E-state index contributed by atoms with van der Waals surface area (Å²) in [5.41, 5.74) is 0. The van der Waals surface area contributed by atoms with Gasteiger partial charge in [0.05, 0.1) is 101 Å². The zero-order valence-corrected chi connectivity index (χ0v) is 46.9. The van der Waals surface area contributed by atoms with Gasteiger partial charge in [-0.25, -0.2) is 0 Å². The maximum Gasteiger partial charge on any atom is 1.00 e. The standard InChI is InChI=1S/C26H36O25.7Na/c27-12(28)3-42-1-10-20(19(41)22(45-6-15(33)34)25(49-10)48-9-18(39)40)51-26-24(47-8-17(37)38)23(46-7-16(35)36)21(44-5-14(31)32)11(50-26)2-43-4-13(29)30;;;;;;;/h10-11,19-26,41H,1-9H2,(H,27,28)(H,29,30)(H,31,32)(H,33,34)(H,35,36)(H,37,38)(H,39,40);;;;;;;/q;7*+1/p-7/t10-,11-,19+,20-,21+,22-,23+,24-,25?,26+;;;;;;;/m1......./s1. The van der Waals surface area contributed by atoms with E-state index in [1.807, 2.05) is 0 Å². The van der Waals surface area contributed by atoms with Crippen molar-refractivity contribution in [3.8, 4) is 0 Å². The van der Waals surface area contributed by atoms with E-state index in [9.17, 15) is 74.4 Å². The van der Waals surface area contributed by atoms with Crippen LogP contribution in [0.25, 0.3) is 0 Å². The summed E-state index contributed by atoms with van der Waals surface area (Å²) in [6, 6.07) is 0. The van der Waals surface area contributed by atoms with Crippen LogP contribution in [-0.2, 0) is 80.9 Å². The number of carboxylic acid groups (broad SMARTS) is 7. The third-order valence-corrected chi connectivity index (χ3v) is 6.44. The number of aliphatic hydroxyl groups is 1. The predicted octanol–water partition coefficient (Wildman–Crippen LogP) is -34.9. The summed E-state index contributed by atoms with van der Waals surface area (Å²) in [6.07, 6.45) is -19.5. The van der Waals surface area contributed by atoms with Crippen molar-refractivity contribution in [2.75, 3.05) is 59.5 Å². The van der Waals surface area contributed by atoms with Gasteiger partial charge in [0.2, 0.25) is 0 Å². The van der Waals surface area contributed by atoms with Crippen LogP contribution in [0.1, 0.15) is 0 Å². The van der Waals surface area contributed by atoms with Gasteiger partial charge >= 0.3 is 207 Å². The molecule has 0 saturated carbocycles. The fourth-order valence-electron chi connectivity index (χ4n) is 4.68. The Morgan fingerprint density at radius 1 is 0.397 bits per heavy atom. The van der Waals surface area contributed by atoms with Crippen LogP contribution in [0, 0.1) is 0 Å². The van der Waals surface area contributed by atoms with Gasteiger partial charge in [-0.3, -0.25) is 0 Å². The van der Waals surface area contributed by atoms with Gasteiger partial charge in [-0.05, 0) is 0 Å². The van der Waals surface area contributed by atoms with E-state index >= 15 is 0 Å². The van der Waals surface area contributed by atoms with Crippen LogP contribution >= 0.6 is 0 Å². The van der Waals surface area contributed by atoms with Crippen molar-refractivity contribution >= 4 is 41.8 Å². The first kappa shape index (κ1) is 72.4. The van der Waals surface area contributed by atoms with Gasteiger partial charge in [-0.2, -0.15) is 0 Å². The largest absolute Gasteiger partial charge is 1.00 e. The summed E-state index contributed by atoms with van der Waals surface area (Å²) in [5.74, 6) is -12.8. The van der Waals surface area contributed by atoms with Gasteiger partial charge in [-0.15, -0.1) is 0 Å². The van der Waals surface area contributed by atoms with Crippen molar-refractivity contribution < 1.29 is 329 Å². The van der Waals surface area contributed by atoms with Crippen molar-refractivity contribution in [1.82, 2.24) is 0 Å². The molecule has 25 nitrogen and oxygen atoms in total. The first-order valence-corrected chi connectivity index (χ1v) is 14.3. The number of aliphatic carboxylic acids is 7. The van der Waals surface area contributed by atoms with Gasteiger partial charge in [0, 0.05) is 0 Å². The molecular weight excluding hydrogens is 873 g/mol. The molecule has 2 heterocycles. The molecule has 0 aliphatic carbocycles. The van der Waals surface area contributed by atoms with Crippen LogP contribution in [0.15, 0.2) is 0 Å². The fourth-order valence-corrected chi connectivity index (χ4v) is 4.68. The van der Waals surface area contributed by atoms with E-state index in [-0.39, 0.29) is 207 Å². The first-order valence-electron chi connectivity index (χ1n) is 14.3. The van der Waals surface area contributed by atoms with E-state index in [0.29, 0.717) is 0 Å². The number of carboxylic acids is 7. The number of ether oxygens (including phenoxy) is 10. The molecule has 10 atom stereocenters. The molecule has 2 saturated heterocycles. The average Bonchev–Trinajstić information content (AvgIpc) is 3.01. The minimum Gasteiger partial charge on any atom is -0.548 e. The molecule has 0 spiro atoms. The SMILES string of the molecule is O=C([O-])COC[C@H]1O[C@@H](O[C@H]2[C@H](O)[C@@H](OCC(=O)[O-])C(OCC(=O)[O-])O[C@@H]2COCC(=O)[O-])[C@H](OCC(=O)[O-])[C@@H](OCC(=O)[O-])[C@H]1OCC(=O)[O-].[Na+].[Na+].[Na+].[Na+].[Na+].[Na+].[Na+]. The second kappa shape index (κ2) is 39.1. The Hall–Kier alpha value is 2.85. The van der Waals surface area contributed by atoms with E-state index in [0.717, 1.165) is 0 Å². The second-order valence-electron chi connectivity index (χ2n) is 10.2. The van der Waals surface area contributed by atoms with Gasteiger partial charge in [-0.1, -0.05) is 0 Å². The van der Waals surface area contributed by atoms with Gasteiger partial charge in [0.25, 0.3) is 0 Å². The van der Waals surface area contributed by atoms with Crippen LogP contribution in [-0.4, -0.2) is 168 Å². The van der Waals surface area contributed by atoms with Crippen molar-refractivity contribution in [1.29, 1.82) is 0 Å². The summed E-state index contributed by atoms with van der Waals surface area (Å²) < 4.78 is 52.7. The molecule has 32 heteroatoms. The molecule has 2 aliphatic heterocycles. The van der Waals surface area contributed by atoms with Crippen molar-refractivity contribution in [3.05, 3.63) is 0 Å². The second-order valence-corrected chi connectivity index (χ2v) is 10.2. The quantitative estimate of drug-likeness (QED) is 0.0831. The van der Waals surface area contributed by atoms with Gasteiger partial charge < -0.3 is 122 Å². The minimum atomic E-state index is -2.19. The van der Waals surface area contributed by atoms with Crippen LogP contribution in [0.5, 0.6) is 0 Å². The molecule has 0 amide bonds. The topological polar surface area (TPSA) is 393 Å². The monoisotopic (exact) mass is 902 g/mol. The van der Waals surface area contributed by atoms with E-state index < -0.39 is 163 Å². The van der Waals surface area contributed by atoms with Gasteiger partial charge in [0.1, 0.15) is 48.8 Å². The third-order valence-electron chi connectivity index (χ3n) is 6.44. The molecule has 290 valence electrons. The normalized spacial score (nSPS) is 25.7. The van der Waals surface area contributed by atoms with Crippen molar-refractivity contribution in [2.24, 2.45) is 0 Å². The summed E-state index contributed by atoms with van der Waals surface area (Å²) in [7, 11) is 0. The van der Waals surface area contributed by atoms with E-state index in [1.54, 1.807) is 0 Å². The zero-order chi connectivity index (χ0) is 38.2. The van der Waals surface area contributed by atoms with Crippen LogP contribution < -0.4 is 243 Å². The Labute approximate surface area is 483 Å². The molecule has 58 heavy (non-hydrogen) atoms. The molecule has 0 bridgehead atoms. The van der Waals surface area contributed by atoms with Crippen molar-refractivity contribution in [2.45, 2.75) is 61.4 Å². The Bertz CT molecular complexity index is 1240. The van der Waals surface area contributed by atoms with Crippen LogP contribution in [0.3, 0.4) is 0 Å². The fraction of sp³-hybridized carbons (Fsp3) is 0.731. The molecule has 2 rings (SSSR count). The number of hydrogen-bond donors (Lipinski definition) is 1. The first-order chi connectivity index (χ1) is 24.0. The molecular formula is C26H29Na7O25. The summed E-state index contributed by atoms with van der Waals surface area (Å²) in [4.78, 5) is 77.9. The molecule has 1 N–H and O–H groups in total. The van der Waals surface area contributed by atoms with E-state index in [1.165, 1.54) is 0 Å². The maximum atomic E-state index is 11.3. The van der Waals surface area contributed by atoms with E-state index in [2.05, 4.69) is 0 Å². The molecule has 0 aromatic carbocycles. The Morgan fingerprint density at radius 2 is 0.707 bits per heavy atom. The molecule has 2 fully saturated rings.